The minimum atomic E-state index is -1.78. The van der Waals surface area contributed by atoms with Crippen molar-refractivity contribution >= 4 is 34.4 Å². The SMILES string of the molecule is O=C1[C@@H]2[C@H](c3ccccc3O)N[C@](Cc3c[nH]c4ccccc34)(C(=O)O)[C@H]2C(=O)N1c1ccccc1. The van der Waals surface area contributed by atoms with Gasteiger partial charge in [-0.2, -0.15) is 0 Å². The zero-order chi connectivity index (χ0) is 25.0. The van der Waals surface area contributed by atoms with E-state index in [-0.39, 0.29) is 12.2 Å². The average molecular weight is 482 g/mol. The first kappa shape index (κ1) is 22.1. The molecule has 0 saturated carbocycles. The van der Waals surface area contributed by atoms with Gasteiger partial charge in [0.2, 0.25) is 11.8 Å². The fourth-order valence-corrected chi connectivity index (χ4v) is 5.87. The Kier molecular flexibility index (Phi) is 4.94. The molecule has 2 saturated heterocycles. The summed E-state index contributed by atoms with van der Waals surface area (Å²) in [5.41, 5.74) is 0.559. The van der Waals surface area contributed by atoms with Gasteiger partial charge < -0.3 is 15.2 Å². The summed E-state index contributed by atoms with van der Waals surface area (Å²) in [6.07, 6.45) is 1.72. The van der Waals surface area contributed by atoms with E-state index in [1.807, 2.05) is 24.3 Å². The standard InChI is InChI=1S/C28H23N3O5/c32-21-13-7-5-11-19(21)24-22-23(26(34)31(25(22)33)17-8-2-1-3-9-17)28(30-24,27(35)36)14-16-15-29-20-12-6-4-10-18(16)20/h1-13,15,22-24,29-30,32H,14H2,(H,35,36)/t22-,23+,24-,28-/m0/s1. The maximum absolute atomic E-state index is 13.9. The second-order valence-corrected chi connectivity index (χ2v) is 9.34. The molecule has 8 nitrogen and oxygen atoms in total. The highest BCUT2D eigenvalue weighted by Gasteiger charge is 2.69. The Labute approximate surface area is 206 Å². The molecule has 0 aliphatic carbocycles. The second kappa shape index (κ2) is 8.07. The molecule has 4 atom stereocenters. The normalized spacial score (nSPS) is 25.4. The van der Waals surface area contributed by atoms with Crippen LogP contribution in [0.25, 0.3) is 10.9 Å². The molecule has 2 aliphatic rings. The Morgan fingerprint density at radius 3 is 2.36 bits per heavy atom. The number of benzene rings is 3. The highest BCUT2D eigenvalue weighted by Crippen LogP contribution is 2.52. The topological polar surface area (TPSA) is 123 Å². The monoisotopic (exact) mass is 481 g/mol. The summed E-state index contributed by atoms with van der Waals surface area (Å²) in [5, 5.41) is 25.3. The van der Waals surface area contributed by atoms with Crippen molar-refractivity contribution in [2.24, 2.45) is 11.8 Å². The highest BCUT2D eigenvalue weighted by atomic mass is 16.4. The highest BCUT2D eigenvalue weighted by molar-refractivity contribution is 6.24. The predicted molar refractivity (Wildman–Crippen MR) is 132 cm³/mol. The van der Waals surface area contributed by atoms with Crippen LogP contribution in [0, 0.1) is 11.8 Å². The number of anilines is 1. The van der Waals surface area contributed by atoms with E-state index in [1.165, 1.54) is 6.07 Å². The van der Waals surface area contributed by atoms with Gasteiger partial charge in [-0.3, -0.25) is 19.7 Å². The lowest BCUT2D eigenvalue weighted by Crippen LogP contribution is -2.57. The number of fused-ring (bicyclic) bond motifs is 2. The van der Waals surface area contributed by atoms with Gasteiger partial charge >= 0.3 is 5.97 Å². The van der Waals surface area contributed by atoms with E-state index < -0.39 is 41.2 Å². The van der Waals surface area contributed by atoms with Crippen molar-refractivity contribution in [2.45, 2.75) is 18.0 Å². The Hall–Kier alpha value is -4.43. The number of nitrogens with zero attached hydrogens (tertiary/aromatic N) is 1. The van der Waals surface area contributed by atoms with Gasteiger partial charge in [-0.15, -0.1) is 0 Å². The molecule has 36 heavy (non-hydrogen) atoms. The van der Waals surface area contributed by atoms with E-state index in [2.05, 4.69) is 10.3 Å². The van der Waals surface area contributed by atoms with Crippen LogP contribution in [0.4, 0.5) is 5.69 Å². The van der Waals surface area contributed by atoms with Gasteiger partial charge in [-0.1, -0.05) is 54.6 Å². The number of rotatable bonds is 5. The number of imide groups is 1. The number of aromatic amines is 1. The lowest BCUT2D eigenvalue weighted by Gasteiger charge is -2.31. The van der Waals surface area contributed by atoms with Crippen LogP contribution in [0.15, 0.2) is 85.1 Å². The van der Waals surface area contributed by atoms with Crippen molar-refractivity contribution in [3.63, 3.8) is 0 Å². The molecule has 1 aromatic heterocycles. The number of carbonyl (C=O) groups excluding carboxylic acids is 2. The van der Waals surface area contributed by atoms with Crippen LogP contribution < -0.4 is 10.2 Å². The lowest BCUT2D eigenvalue weighted by atomic mass is 9.76. The first-order valence-electron chi connectivity index (χ1n) is 11.7. The Morgan fingerprint density at radius 1 is 0.917 bits per heavy atom. The molecule has 6 rings (SSSR count). The number of carboxylic acids is 1. The zero-order valence-electron chi connectivity index (χ0n) is 19.1. The van der Waals surface area contributed by atoms with Crippen molar-refractivity contribution in [2.75, 3.05) is 4.90 Å². The number of H-pyrrole nitrogens is 1. The molecule has 4 aromatic rings. The number of phenols is 1. The van der Waals surface area contributed by atoms with Crippen LogP contribution >= 0.6 is 0 Å². The molecule has 3 aromatic carbocycles. The second-order valence-electron chi connectivity index (χ2n) is 9.34. The molecule has 2 fully saturated rings. The van der Waals surface area contributed by atoms with E-state index in [1.54, 1.807) is 54.7 Å². The lowest BCUT2D eigenvalue weighted by molar-refractivity contribution is -0.148. The van der Waals surface area contributed by atoms with E-state index >= 15 is 0 Å². The van der Waals surface area contributed by atoms with E-state index in [0.717, 1.165) is 21.4 Å². The zero-order valence-corrected chi connectivity index (χ0v) is 19.1. The van der Waals surface area contributed by atoms with Crippen LogP contribution in [-0.4, -0.2) is 38.5 Å². The largest absolute Gasteiger partial charge is 0.508 e. The summed E-state index contributed by atoms with van der Waals surface area (Å²) in [5.74, 6) is -4.53. The van der Waals surface area contributed by atoms with Crippen molar-refractivity contribution in [1.29, 1.82) is 0 Å². The molecule has 0 spiro atoms. The first-order chi connectivity index (χ1) is 17.4. The van der Waals surface area contributed by atoms with Gasteiger partial charge in [0.1, 0.15) is 11.3 Å². The molecule has 0 bridgehead atoms. The minimum Gasteiger partial charge on any atom is -0.508 e. The quantitative estimate of drug-likeness (QED) is 0.324. The molecule has 0 radical (unpaired) electrons. The Bertz CT molecular complexity index is 1510. The third-order valence-corrected chi connectivity index (χ3v) is 7.47. The van der Waals surface area contributed by atoms with Crippen LogP contribution in [0.2, 0.25) is 0 Å². The predicted octanol–water partition coefficient (Wildman–Crippen LogP) is 3.39. The van der Waals surface area contributed by atoms with Gasteiger partial charge in [-0.25, -0.2) is 4.90 Å². The first-order valence-corrected chi connectivity index (χ1v) is 11.7. The summed E-state index contributed by atoms with van der Waals surface area (Å²) in [6.45, 7) is 0. The van der Waals surface area contributed by atoms with Crippen molar-refractivity contribution in [3.8, 4) is 5.75 Å². The Morgan fingerprint density at radius 2 is 1.61 bits per heavy atom. The minimum absolute atomic E-state index is 0.0285. The summed E-state index contributed by atoms with van der Waals surface area (Å²) >= 11 is 0. The van der Waals surface area contributed by atoms with E-state index in [4.69, 9.17) is 0 Å². The Balaban J connectivity index is 1.53. The summed E-state index contributed by atoms with van der Waals surface area (Å²) < 4.78 is 0. The van der Waals surface area contributed by atoms with Crippen molar-refractivity contribution in [1.82, 2.24) is 10.3 Å². The number of aromatic hydroxyl groups is 1. The summed E-state index contributed by atoms with van der Waals surface area (Å²) in [4.78, 5) is 45.0. The molecule has 8 heteroatoms. The van der Waals surface area contributed by atoms with E-state index in [9.17, 15) is 24.6 Å². The number of phenolic OH excluding ortho intramolecular Hbond substituents is 1. The molecular formula is C28H23N3O5. The molecule has 3 heterocycles. The molecule has 2 aliphatic heterocycles. The maximum atomic E-state index is 13.9. The number of amides is 2. The summed E-state index contributed by atoms with van der Waals surface area (Å²) in [6, 6.07) is 21.7. The molecule has 2 amide bonds. The fourth-order valence-electron chi connectivity index (χ4n) is 5.87. The third kappa shape index (κ3) is 3.08. The number of para-hydroxylation sites is 3. The van der Waals surface area contributed by atoms with Gasteiger partial charge in [0.25, 0.3) is 0 Å². The van der Waals surface area contributed by atoms with Crippen molar-refractivity contribution < 1.29 is 24.6 Å². The smallest absolute Gasteiger partial charge is 0.325 e. The van der Waals surface area contributed by atoms with Gasteiger partial charge in [0.05, 0.1) is 17.5 Å². The van der Waals surface area contributed by atoms with Crippen LogP contribution in [0.3, 0.4) is 0 Å². The van der Waals surface area contributed by atoms with Gasteiger partial charge in [0.15, 0.2) is 0 Å². The number of nitrogens with one attached hydrogen (secondary N) is 2. The number of carboxylic acid groups (broad SMARTS) is 1. The number of carbonyl (C=O) groups is 3. The molecule has 0 unspecified atom stereocenters. The number of hydrogen-bond acceptors (Lipinski definition) is 5. The van der Waals surface area contributed by atoms with E-state index in [0.29, 0.717) is 11.3 Å². The summed E-state index contributed by atoms with van der Waals surface area (Å²) in [7, 11) is 0. The molecule has 4 N–H and O–H groups in total. The van der Waals surface area contributed by atoms with Crippen LogP contribution in [-0.2, 0) is 20.8 Å². The third-order valence-electron chi connectivity index (χ3n) is 7.47. The van der Waals surface area contributed by atoms with Crippen LogP contribution in [0.5, 0.6) is 5.75 Å². The molecular weight excluding hydrogens is 458 g/mol. The number of hydrogen-bond donors (Lipinski definition) is 4. The molecule has 180 valence electrons. The fraction of sp³-hybridized carbons (Fsp3) is 0.179. The van der Waals surface area contributed by atoms with Crippen molar-refractivity contribution in [3.05, 3.63) is 96.2 Å². The van der Waals surface area contributed by atoms with Gasteiger partial charge in [-0.05, 0) is 29.8 Å². The maximum Gasteiger partial charge on any atom is 0.325 e. The average Bonchev–Trinajstić information content (AvgIpc) is 3.52. The number of aromatic nitrogens is 1. The number of aliphatic carboxylic acids is 1. The van der Waals surface area contributed by atoms with Crippen LogP contribution in [0.1, 0.15) is 17.2 Å². The van der Waals surface area contributed by atoms with Gasteiger partial charge in [0, 0.05) is 35.1 Å².